The van der Waals surface area contributed by atoms with Gasteiger partial charge in [0.15, 0.2) is 0 Å². The van der Waals surface area contributed by atoms with Crippen LogP contribution in [0.4, 0.5) is 0 Å². The van der Waals surface area contributed by atoms with Crippen molar-refractivity contribution >= 4 is 11.6 Å². The minimum absolute atomic E-state index is 0.409. The van der Waals surface area contributed by atoms with Crippen LogP contribution in [0.15, 0.2) is 36.4 Å². The van der Waals surface area contributed by atoms with E-state index in [9.17, 15) is 0 Å². The number of hydrogen-bond acceptors (Lipinski definition) is 3. The number of benzene rings is 2. The highest BCUT2D eigenvalue weighted by Gasteiger charge is 2.08. The van der Waals surface area contributed by atoms with Crippen LogP contribution in [0.5, 0.6) is 17.2 Å². The molecule has 0 aliphatic carbocycles. The van der Waals surface area contributed by atoms with E-state index in [1.54, 1.807) is 13.2 Å². The highest BCUT2D eigenvalue weighted by atomic mass is 35.5. The molecule has 0 heterocycles. The smallest absolute Gasteiger partial charge is 0.135 e. The van der Waals surface area contributed by atoms with Crippen LogP contribution in [0.1, 0.15) is 11.1 Å². The first-order valence-corrected chi connectivity index (χ1v) is 6.33. The van der Waals surface area contributed by atoms with Gasteiger partial charge in [0.25, 0.3) is 0 Å². The summed E-state index contributed by atoms with van der Waals surface area (Å²) >= 11 is 5.93. The maximum atomic E-state index is 5.93. The van der Waals surface area contributed by atoms with Gasteiger partial charge in [0, 0.05) is 23.2 Å². The van der Waals surface area contributed by atoms with Crippen LogP contribution in [0.25, 0.3) is 0 Å². The van der Waals surface area contributed by atoms with Gasteiger partial charge in [-0.05, 0) is 36.8 Å². The topological polar surface area (TPSA) is 44.5 Å². The van der Waals surface area contributed by atoms with E-state index in [-0.39, 0.29) is 0 Å². The Labute approximate surface area is 117 Å². The molecule has 0 aliphatic rings. The van der Waals surface area contributed by atoms with Crippen molar-refractivity contribution in [2.75, 3.05) is 7.11 Å². The van der Waals surface area contributed by atoms with Crippen LogP contribution in [0.2, 0.25) is 5.02 Å². The Morgan fingerprint density at radius 3 is 2.53 bits per heavy atom. The third kappa shape index (κ3) is 3.19. The molecular weight excluding hydrogens is 262 g/mol. The average molecular weight is 278 g/mol. The van der Waals surface area contributed by atoms with Crippen molar-refractivity contribution in [3.05, 3.63) is 52.5 Å². The lowest BCUT2D eigenvalue weighted by molar-refractivity contribution is 0.407. The predicted octanol–water partition coefficient (Wildman–Crippen LogP) is 3.91. The number of rotatable bonds is 4. The standard InChI is InChI=1S/C15H16ClNO2/c1-10-7-12(16)4-6-14(10)19-15-8-13(18-2)5-3-11(15)9-17/h3-8H,9,17H2,1-2H3. The number of hydrogen-bond donors (Lipinski definition) is 1. The van der Waals surface area contributed by atoms with Gasteiger partial charge in [-0.2, -0.15) is 0 Å². The third-order valence-electron chi connectivity index (χ3n) is 2.85. The molecule has 0 amide bonds. The molecule has 0 aromatic heterocycles. The van der Waals surface area contributed by atoms with E-state index in [4.69, 9.17) is 26.8 Å². The Morgan fingerprint density at radius 1 is 1.11 bits per heavy atom. The van der Waals surface area contributed by atoms with Crippen molar-refractivity contribution in [3.8, 4) is 17.2 Å². The van der Waals surface area contributed by atoms with E-state index in [1.807, 2.05) is 37.3 Å². The monoisotopic (exact) mass is 277 g/mol. The fraction of sp³-hybridized carbons (Fsp3) is 0.200. The van der Waals surface area contributed by atoms with Crippen LogP contribution in [0.3, 0.4) is 0 Å². The molecule has 3 nitrogen and oxygen atoms in total. The lowest BCUT2D eigenvalue weighted by Gasteiger charge is -2.13. The number of nitrogens with two attached hydrogens (primary N) is 1. The second-order valence-corrected chi connectivity index (χ2v) is 4.63. The van der Waals surface area contributed by atoms with Crippen LogP contribution >= 0.6 is 11.6 Å². The Morgan fingerprint density at radius 2 is 1.89 bits per heavy atom. The normalized spacial score (nSPS) is 10.3. The summed E-state index contributed by atoms with van der Waals surface area (Å²) in [5.41, 5.74) is 7.61. The summed E-state index contributed by atoms with van der Waals surface area (Å²) in [6, 6.07) is 11.1. The van der Waals surface area contributed by atoms with E-state index in [2.05, 4.69) is 0 Å². The Kier molecular flexibility index (Phi) is 4.30. The van der Waals surface area contributed by atoms with Crippen molar-refractivity contribution in [1.29, 1.82) is 0 Å². The number of ether oxygens (including phenoxy) is 2. The number of methoxy groups -OCH3 is 1. The molecule has 0 unspecified atom stereocenters. The largest absolute Gasteiger partial charge is 0.497 e. The molecule has 0 spiro atoms. The third-order valence-corrected chi connectivity index (χ3v) is 3.09. The molecule has 0 saturated heterocycles. The van der Waals surface area contributed by atoms with Crippen LogP contribution in [0, 0.1) is 6.92 Å². The average Bonchev–Trinajstić information content (AvgIpc) is 2.41. The summed E-state index contributed by atoms with van der Waals surface area (Å²) in [6.07, 6.45) is 0. The SMILES string of the molecule is COc1ccc(CN)c(Oc2ccc(Cl)cc2C)c1. The van der Waals surface area contributed by atoms with Crippen molar-refractivity contribution < 1.29 is 9.47 Å². The van der Waals surface area contributed by atoms with Gasteiger partial charge >= 0.3 is 0 Å². The molecule has 0 radical (unpaired) electrons. The van der Waals surface area contributed by atoms with Gasteiger partial charge in [-0.25, -0.2) is 0 Å². The summed E-state index contributed by atoms with van der Waals surface area (Å²) in [7, 11) is 1.62. The number of halogens is 1. The van der Waals surface area contributed by atoms with Crippen molar-refractivity contribution in [2.24, 2.45) is 5.73 Å². The molecule has 4 heteroatoms. The van der Waals surface area contributed by atoms with Gasteiger partial charge in [-0.1, -0.05) is 17.7 Å². The van der Waals surface area contributed by atoms with Gasteiger partial charge in [0.2, 0.25) is 0 Å². The molecule has 2 aromatic rings. The van der Waals surface area contributed by atoms with Gasteiger partial charge < -0.3 is 15.2 Å². The summed E-state index contributed by atoms with van der Waals surface area (Å²) in [4.78, 5) is 0. The van der Waals surface area contributed by atoms with Crippen molar-refractivity contribution in [2.45, 2.75) is 13.5 Å². The lowest BCUT2D eigenvalue weighted by Crippen LogP contribution is -2.00. The molecule has 2 aromatic carbocycles. The van der Waals surface area contributed by atoms with Gasteiger partial charge in [0.1, 0.15) is 17.2 Å². The first kappa shape index (κ1) is 13.7. The first-order valence-electron chi connectivity index (χ1n) is 5.95. The molecule has 2 N–H and O–H groups in total. The van der Waals surface area contributed by atoms with Gasteiger partial charge in [-0.15, -0.1) is 0 Å². The fourth-order valence-corrected chi connectivity index (χ4v) is 2.00. The molecule has 19 heavy (non-hydrogen) atoms. The molecule has 0 atom stereocenters. The van der Waals surface area contributed by atoms with Crippen LogP contribution < -0.4 is 15.2 Å². The second-order valence-electron chi connectivity index (χ2n) is 4.19. The maximum Gasteiger partial charge on any atom is 0.135 e. The highest BCUT2D eigenvalue weighted by molar-refractivity contribution is 6.30. The fourth-order valence-electron chi connectivity index (χ4n) is 1.77. The van der Waals surface area contributed by atoms with Crippen molar-refractivity contribution in [1.82, 2.24) is 0 Å². The molecule has 2 rings (SSSR count). The zero-order valence-corrected chi connectivity index (χ0v) is 11.7. The minimum Gasteiger partial charge on any atom is -0.497 e. The van der Waals surface area contributed by atoms with Crippen LogP contribution in [-0.4, -0.2) is 7.11 Å². The van der Waals surface area contributed by atoms with E-state index < -0.39 is 0 Å². The molecule has 100 valence electrons. The molecule has 0 fully saturated rings. The van der Waals surface area contributed by atoms with E-state index >= 15 is 0 Å². The van der Waals surface area contributed by atoms with E-state index in [0.717, 1.165) is 22.6 Å². The Balaban J connectivity index is 2.36. The van der Waals surface area contributed by atoms with E-state index in [0.29, 0.717) is 17.3 Å². The quantitative estimate of drug-likeness (QED) is 0.921. The summed E-state index contributed by atoms with van der Waals surface area (Å²) < 4.78 is 11.1. The van der Waals surface area contributed by atoms with Crippen molar-refractivity contribution in [3.63, 3.8) is 0 Å². The molecule has 0 aliphatic heterocycles. The molecule has 0 saturated carbocycles. The van der Waals surface area contributed by atoms with Gasteiger partial charge in [-0.3, -0.25) is 0 Å². The predicted molar refractivity (Wildman–Crippen MR) is 77.1 cm³/mol. The maximum absolute atomic E-state index is 5.93. The second kappa shape index (κ2) is 5.95. The Hall–Kier alpha value is -1.71. The van der Waals surface area contributed by atoms with Crippen LogP contribution in [-0.2, 0) is 6.54 Å². The first-order chi connectivity index (χ1) is 9.13. The highest BCUT2D eigenvalue weighted by Crippen LogP contribution is 2.32. The van der Waals surface area contributed by atoms with Gasteiger partial charge in [0.05, 0.1) is 7.11 Å². The lowest BCUT2D eigenvalue weighted by atomic mass is 10.2. The zero-order valence-electron chi connectivity index (χ0n) is 10.9. The minimum atomic E-state index is 0.409. The Bertz CT molecular complexity index is 584. The summed E-state index contributed by atoms with van der Waals surface area (Å²) in [5, 5.41) is 0.689. The summed E-state index contributed by atoms with van der Waals surface area (Å²) in [5.74, 6) is 2.19. The zero-order chi connectivity index (χ0) is 13.8. The summed E-state index contributed by atoms with van der Waals surface area (Å²) in [6.45, 7) is 2.36. The molecule has 0 bridgehead atoms. The molecular formula is C15H16ClNO2. The number of aryl methyl sites for hydroxylation is 1. The van der Waals surface area contributed by atoms with E-state index in [1.165, 1.54) is 0 Å².